The maximum absolute atomic E-state index is 9.98. The van der Waals surface area contributed by atoms with Gasteiger partial charge in [0.05, 0.1) is 56.3 Å². The minimum atomic E-state index is -1.02. The summed E-state index contributed by atoms with van der Waals surface area (Å²) in [5.41, 5.74) is -3.70. The quantitative estimate of drug-likeness (QED) is 0.161. The van der Waals surface area contributed by atoms with Crippen molar-refractivity contribution in [2.75, 3.05) is 0 Å². The molecule has 0 saturated carbocycles. The molecule has 12 aromatic rings. The van der Waals surface area contributed by atoms with E-state index in [0.717, 1.165) is 15.7 Å². The monoisotopic (exact) mass is 816 g/mol. The van der Waals surface area contributed by atoms with Crippen molar-refractivity contribution in [2.45, 2.75) is 0 Å². The van der Waals surface area contributed by atoms with Crippen LogP contribution in [-0.4, -0.2) is 24.1 Å². The van der Waals surface area contributed by atoms with Crippen LogP contribution in [0, 0.1) is 0 Å². The summed E-state index contributed by atoms with van der Waals surface area (Å²) < 4.78 is 228. The predicted octanol–water partition coefficient (Wildman–Crippen LogP) is 14.4. The lowest BCUT2D eigenvalue weighted by atomic mass is 10.0. The molecule has 0 radical (unpaired) electrons. The molecule has 0 fully saturated rings. The summed E-state index contributed by atoms with van der Waals surface area (Å²) in [6.45, 7) is 0. The molecule has 62 heavy (non-hydrogen) atoms. The van der Waals surface area contributed by atoms with E-state index >= 15 is 0 Å². The zero-order valence-electron chi connectivity index (χ0n) is 56.7. The fourth-order valence-electron chi connectivity index (χ4n) is 7.41. The fraction of sp³-hybridized carbons (Fsp3) is 0. The minimum absolute atomic E-state index is 0.348. The molecule has 3 aromatic heterocycles. The van der Waals surface area contributed by atoms with Crippen molar-refractivity contribution in [3.8, 4) is 67.8 Å². The van der Waals surface area contributed by atoms with Crippen LogP contribution in [0.4, 0.5) is 0 Å². The largest absolute Gasteiger partial charge is 0.309 e. The Morgan fingerprint density at radius 2 is 0.903 bits per heavy atom. The van der Waals surface area contributed by atoms with Gasteiger partial charge < -0.3 is 4.57 Å². The number of fused-ring (bicyclic) bond motifs is 6. The van der Waals surface area contributed by atoms with Gasteiger partial charge in [0.1, 0.15) is 0 Å². The maximum Gasteiger partial charge on any atom is 0.238 e. The number of hydrogen-bond donors (Lipinski definition) is 0. The van der Waals surface area contributed by atoms with Gasteiger partial charge in [-0.15, -0.1) is 0 Å². The molecule has 290 valence electrons. The van der Waals surface area contributed by atoms with Crippen LogP contribution >= 0.6 is 0 Å². The molecule has 9 aromatic carbocycles. The van der Waals surface area contributed by atoms with Gasteiger partial charge in [0.2, 0.25) is 5.95 Å². The van der Waals surface area contributed by atoms with Gasteiger partial charge in [0, 0.05) is 38.4 Å². The van der Waals surface area contributed by atoms with Crippen molar-refractivity contribution in [3.05, 3.63) is 224 Å². The smallest absolute Gasteiger partial charge is 0.238 e. The Hall–Kier alpha value is -8.41. The molecule has 5 heteroatoms. The van der Waals surface area contributed by atoms with Crippen LogP contribution in [0.1, 0.15) is 34.3 Å². The molecule has 0 N–H and O–H groups in total. The zero-order chi connectivity index (χ0) is 62.7. The van der Waals surface area contributed by atoms with Crippen LogP contribution in [0.5, 0.6) is 0 Å². The standard InChI is InChI=1S/C57H37N5/c1-3-15-38(16-4-1)40-29-31-41(32-30-40)55-58-56(60-57(59-55)62-53-28-12-9-25-49(53)50-37-44(33-34-54(50)62)39-17-5-2-6-18-39)45-21-13-19-42(35-45)43-20-14-22-46(36-43)61-51-26-10-7-23-47(51)48-24-8-11-27-52(48)61/h1-37H/i1D,3D,4D,7D,8D,10D,11D,13D,14D,15D,16D,19D,20D,21D,22D,23D,24D,26D,27D,29D,30D,31D,32D,35D,36D. The summed E-state index contributed by atoms with van der Waals surface area (Å²) in [6, 6.07) is 0.0195. The van der Waals surface area contributed by atoms with Crippen molar-refractivity contribution >= 4 is 43.6 Å². The summed E-state index contributed by atoms with van der Waals surface area (Å²) in [5.74, 6) is -1.71. The Bertz CT molecular complexity index is 4980. The lowest BCUT2D eigenvalue weighted by Gasteiger charge is -2.13. The Labute approximate surface area is 393 Å². The highest BCUT2D eigenvalue weighted by Crippen LogP contribution is 2.37. The van der Waals surface area contributed by atoms with Gasteiger partial charge in [0.15, 0.2) is 11.6 Å². The lowest BCUT2D eigenvalue weighted by Crippen LogP contribution is -2.06. The molecule has 0 spiro atoms. The van der Waals surface area contributed by atoms with Crippen LogP contribution in [0.25, 0.3) is 111 Å². The van der Waals surface area contributed by atoms with Gasteiger partial charge in [0.25, 0.3) is 0 Å². The van der Waals surface area contributed by atoms with Crippen LogP contribution in [0.2, 0.25) is 0 Å². The van der Waals surface area contributed by atoms with Gasteiger partial charge in [-0.25, -0.2) is 4.98 Å². The molecule has 5 nitrogen and oxygen atoms in total. The molecular weight excluding hydrogens is 755 g/mol. The summed E-state index contributed by atoms with van der Waals surface area (Å²) in [5, 5.41) is 0.402. The topological polar surface area (TPSA) is 48.5 Å². The van der Waals surface area contributed by atoms with Gasteiger partial charge in [-0.05, 0) is 81.8 Å². The SMILES string of the molecule is [2H]c1c([2H])c([2H])c(-c2c([2H])c([2H])c(-c3nc(-c4c([2H])c([2H])c([2H])c(-c5c([2H])c([2H])c([2H])c(-n6c7c([2H])c([2H])c([2H])c([2H])c7c7c([2H])c([2H])c([2H])c([2H])c76)c5[2H])c4[2H])nc(-n4c5ccccc5c5cc(-c6ccccc6)ccc54)n3)c([2H])c2[2H])c([2H])c1[2H]. The second-order valence-corrected chi connectivity index (χ2v) is 13.7. The summed E-state index contributed by atoms with van der Waals surface area (Å²) in [7, 11) is 0. The molecule has 0 unspecified atom stereocenters. The van der Waals surface area contributed by atoms with E-state index < -0.39 is 224 Å². The molecule has 0 bridgehead atoms. The van der Waals surface area contributed by atoms with Crippen LogP contribution in [-0.2, 0) is 0 Å². The highest BCUT2D eigenvalue weighted by Gasteiger charge is 2.19. The predicted molar refractivity (Wildman–Crippen MR) is 256 cm³/mol. The number of hydrogen-bond acceptors (Lipinski definition) is 3. The van der Waals surface area contributed by atoms with Crippen molar-refractivity contribution in [1.82, 2.24) is 24.1 Å². The number of rotatable bonds is 7. The number of para-hydroxylation sites is 3. The maximum atomic E-state index is 9.98. The lowest BCUT2D eigenvalue weighted by molar-refractivity contribution is 0.953. The van der Waals surface area contributed by atoms with E-state index in [0.29, 0.717) is 21.8 Å². The average molecular weight is 817 g/mol. The number of nitrogens with zero attached hydrogens (tertiary/aromatic N) is 5. The normalized spacial score (nSPS) is 17.2. The Balaban J connectivity index is 1.19. The summed E-state index contributed by atoms with van der Waals surface area (Å²) in [4.78, 5) is 14.1. The number of benzene rings is 9. The molecule has 0 aliphatic heterocycles. The molecule has 3 heterocycles. The molecule has 0 saturated heterocycles. The van der Waals surface area contributed by atoms with E-state index in [1.54, 1.807) is 28.8 Å². The zero-order valence-corrected chi connectivity index (χ0v) is 31.7. The first kappa shape index (κ1) is 18.5. The van der Waals surface area contributed by atoms with Crippen LogP contribution < -0.4 is 0 Å². The Kier molecular flexibility index (Phi) is 4.38. The first-order valence-corrected chi connectivity index (χ1v) is 18.9. The molecule has 12 rings (SSSR count). The Morgan fingerprint density at radius 1 is 0.323 bits per heavy atom. The van der Waals surface area contributed by atoms with E-state index in [-0.39, 0.29) is 5.95 Å². The molecule has 0 amide bonds. The number of aromatic nitrogens is 5. The van der Waals surface area contributed by atoms with Crippen LogP contribution in [0.3, 0.4) is 0 Å². The van der Waals surface area contributed by atoms with E-state index in [2.05, 4.69) is 4.98 Å². The van der Waals surface area contributed by atoms with E-state index in [9.17, 15) is 16.4 Å². The minimum Gasteiger partial charge on any atom is -0.309 e. The van der Waals surface area contributed by atoms with Crippen LogP contribution in [0.15, 0.2) is 224 Å². The van der Waals surface area contributed by atoms with Crippen molar-refractivity contribution < 1.29 is 34.3 Å². The highest BCUT2D eigenvalue weighted by atomic mass is 15.2. The van der Waals surface area contributed by atoms with Gasteiger partial charge >= 0.3 is 0 Å². The first-order chi connectivity index (χ1) is 41.1. The molecule has 0 atom stereocenters. The van der Waals surface area contributed by atoms with Crippen molar-refractivity contribution in [2.24, 2.45) is 0 Å². The van der Waals surface area contributed by atoms with Crippen molar-refractivity contribution in [3.63, 3.8) is 0 Å². The second-order valence-electron chi connectivity index (χ2n) is 13.7. The fourth-order valence-corrected chi connectivity index (χ4v) is 7.41. The van der Waals surface area contributed by atoms with Gasteiger partial charge in [-0.2, -0.15) is 9.97 Å². The average Bonchev–Trinajstić information content (AvgIpc) is 1.61. The third-order valence-corrected chi connectivity index (χ3v) is 10.2. The van der Waals surface area contributed by atoms with Crippen molar-refractivity contribution in [1.29, 1.82) is 0 Å². The highest BCUT2D eigenvalue weighted by molar-refractivity contribution is 6.11. The Morgan fingerprint density at radius 3 is 1.68 bits per heavy atom. The molecular formula is C57H37N5. The van der Waals surface area contributed by atoms with E-state index in [1.165, 1.54) is 0 Å². The first-order valence-electron chi connectivity index (χ1n) is 31.4. The van der Waals surface area contributed by atoms with E-state index in [1.807, 2.05) is 48.5 Å². The second kappa shape index (κ2) is 14.7. The molecule has 0 aliphatic carbocycles. The summed E-state index contributed by atoms with van der Waals surface area (Å²) >= 11 is 0. The third-order valence-electron chi connectivity index (χ3n) is 10.2. The summed E-state index contributed by atoms with van der Waals surface area (Å²) in [6.07, 6.45) is 0. The van der Waals surface area contributed by atoms with Gasteiger partial charge in [-0.1, -0.05) is 175 Å². The third kappa shape index (κ3) is 6.06. The van der Waals surface area contributed by atoms with E-state index in [4.69, 9.17) is 27.8 Å². The van der Waals surface area contributed by atoms with Gasteiger partial charge in [-0.3, -0.25) is 4.57 Å². The molecule has 0 aliphatic rings.